The highest BCUT2D eigenvalue weighted by Crippen LogP contribution is 2.23. The molecule has 108 valence electrons. The number of aromatic amines is 1. The Kier molecular flexibility index (Phi) is 4.11. The Morgan fingerprint density at radius 1 is 1.45 bits per heavy atom. The average Bonchev–Trinajstić information content (AvgIpc) is 2.75. The molecule has 0 aliphatic rings. The number of nitrogens with one attached hydrogen (secondary N) is 2. The molecule has 20 heavy (non-hydrogen) atoms. The van der Waals surface area contributed by atoms with Gasteiger partial charge in [0.05, 0.1) is 12.3 Å². The monoisotopic (exact) mass is 360 g/mol. The smallest absolute Gasteiger partial charge is 0.266 e. The maximum atomic E-state index is 12.4. The van der Waals surface area contributed by atoms with Gasteiger partial charge in [-0.25, -0.2) is 13.4 Å². The summed E-state index contributed by atoms with van der Waals surface area (Å²) in [5, 5.41) is 15.5. The molecule has 0 bridgehead atoms. The van der Waals surface area contributed by atoms with E-state index in [2.05, 4.69) is 35.8 Å². The Morgan fingerprint density at radius 2 is 2.15 bits per heavy atom. The lowest BCUT2D eigenvalue weighted by Crippen LogP contribution is -2.17. The van der Waals surface area contributed by atoms with E-state index in [9.17, 15) is 8.42 Å². The van der Waals surface area contributed by atoms with Gasteiger partial charge in [-0.2, -0.15) is 5.10 Å². The predicted molar refractivity (Wildman–Crippen MR) is 76.7 cm³/mol. The first-order valence-electron chi connectivity index (χ1n) is 5.65. The number of aliphatic hydroxyl groups excluding tert-OH is 1. The Hall–Kier alpha value is -1.45. The van der Waals surface area contributed by atoms with Crippen molar-refractivity contribution in [1.29, 1.82) is 0 Å². The standard InChI is InChI=1S/C11H13BrN4O3S/c1-6-3-8(12)4-13-11(6)16-20(18,19)10-7(2)14-15-9(10)5-17/h3-4,17H,5H2,1-2H3,(H,13,16)(H,14,15). The molecule has 0 aromatic carbocycles. The van der Waals surface area contributed by atoms with Crippen molar-refractivity contribution in [2.45, 2.75) is 25.3 Å². The van der Waals surface area contributed by atoms with Crippen molar-refractivity contribution in [2.24, 2.45) is 0 Å². The second kappa shape index (κ2) is 5.51. The first-order chi connectivity index (χ1) is 9.35. The molecule has 0 saturated carbocycles. The summed E-state index contributed by atoms with van der Waals surface area (Å²) in [6.45, 7) is 2.85. The van der Waals surface area contributed by atoms with Gasteiger partial charge in [0.1, 0.15) is 16.4 Å². The van der Waals surface area contributed by atoms with Crippen LogP contribution in [0.4, 0.5) is 5.82 Å². The number of H-pyrrole nitrogens is 1. The van der Waals surface area contributed by atoms with E-state index >= 15 is 0 Å². The molecule has 2 heterocycles. The predicted octanol–water partition coefficient (Wildman–Crippen LogP) is 1.48. The molecule has 0 radical (unpaired) electrons. The molecule has 2 rings (SSSR count). The summed E-state index contributed by atoms with van der Waals surface area (Å²) in [6, 6.07) is 1.75. The zero-order chi connectivity index (χ0) is 14.9. The van der Waals surface area contributed by atoms with Crippen LogP contribution in [0.1, 0.15) is 17.0 Å². The summed E-state index contributed by atoms with van der Waals surface area (Å²) >= 11 is 3.26. The SMILES string of the molecule is Cc1cc(Br)cnc1NS(=O)(=O)c1c(CO)n[nH]c1C. The first-order valence-corrected chi connectivity index (χ1v) is 7.92. The minimum absolute atomic E-state index is 0.0517. The van der Waals surface area contributed by atoms with Crippen LogP contribution in [0, 0.1) is 13.8 Å². The molecule has 0 amide bonds. The number of anilines is 1. The summed E-state index contributed by atoms with van der Waals surface area (Å²) < 4.78 is 27.9. The molecule has 0 saturated heterocycles. The minimum Gasteiger partial charge on any atom is -0.390 e. The number of aliphatic hydroxyl groups is 1. The summed E-state index contributed by atoms with van der Waals surface area (Å²) in [5.41, 5.74) is 1.11. The second-order valence-corrected chi connectivity index (χ2v) is 6.74. The Balaban J connectivity index is 2.43. The molecular weight excluding hydrogens is 348 g/mol. The number of hydrogen-bond acceptors (Lipinski definition) is 5. The Morgan fingerprint density at radius 3 is 2.75 bits per heavy atom. The molecule has 9 heteroatoms. The fraction of sp³-hybridized carbons (Fsp3) is 0.273. The highest BCUT2D eigenvalue weighted by atomic mass is 79.9. The largest absolute Gasteiger partial charge is 0.390 e. The average molecular weight is 361 g/mol. The highest BCUT2D eigenvalue weighted by Gasteiger charge is 2.25. The molecule has 0 unspecified atom stereocenters. The number of sulfonamides is 1. The number of rotatable bonds is 4. The molecule has 0 aliphatic carbocycles. The van der Waals surface area contributed by atoms with E-state index in [-0.39, 0.29) is 16.4 Å². The third-order valence-electron chi connectivity index (χ3n) is 2.66. The lowest BCUT2D eigenvalue weighted by atomic mass is 10.3. The van der Waals surface area contributed by atoms with Gasteiger partial charge in [0.2, 0.25) is 0 Å². The number of hydrogen-bond donors (Lipinski definition) is 3. The molecule has 0 spiro atoms. The quantitative estimate of drug-likeness (QED) is 0.765. The number of aromatic nitrogens is 3. The zero-order valence-electron chi connectivity index (χ0n) is 10.8. The topological polar surface area (TPSA) is 108 Å². The van der Waals surface area contributed by atoms with Gasteiger partial charge < -0.3 is 5.11 Å². The zero-order valence-corrected chi connectivity index (χ0v) is 13.2. The van der Waals surface area contributed by atoms with Crippen molar-refractivity contribution in [1.82, 2.24) is 15.2 Å². The van der Waals surface area contributed by atoms with E-state index in [0.717, 1.165) is 4.47 Å². The van der Waals surface area contributed by atoms with Crippen LogP contribution in [-0.2, 0) is 16.6 Å². The molecule has 2 aromatic heterocycles. The van der Waals surface area contributed by atoms with Crippen molar-refractivity contribution in [2.75, 3.05) is 4.72 Å². The van der Waals surface area contributed by atoms with Crippen LogP contribution in [0.3, 0.4) is 0 Å². The third-order valence-corrected chi connectivity index (χ3v) is 4.63. The lowest BCUT2D eigenvalue weighted by Gasteiger charge is -2.10. The van der Waals surface area contributed by atoms with Gasteiger partial charge in [-0.05, 0) is 41.4 Å². The van der Waals surface area contributed by atoms with Gasteiger partial charge in [-0.15, -0.1) is 0 Å². The number of nitrogens with zero attached hydrogens (tertiary/aromatic N) is 2. The molecule has 0 fully saturated rings. The van der Waals surface area contributed by atoms with Crippen molar-refractivity contribution in [3.8, 4) is 0 Å². The summed E-state index contributed by atoms with van der Waals surface area (Å²) in [6.07, 6.45) is 1.50. The van der Waals surface area contributed by atoms with Gasteiger partial charge in [-0.3, -0.25) is 9.82 Å². The summed E-state index contributed by atoms with van der Waals surface area (Å²) in [7, 11) is -3.86. The van der Waals surface area contributed by atoms with E-state index in [0.29, 0.717) is 11.3 Å². The van der Waals surface area contributed by atoms with Gasteiger partial charge >= 0.3 is 0 Å². The normalized spacial score (nSPS) is 11.6. The number of aryl methyl sites for hydroxylation is 2. The van der Waals surface area contributed by atoms with Crippen LogP contribution in [-0.4, -0.2) is 28.7 Å². The van der Waals surface area contributed by atoms with Gasteiger partial charge in [0.25, 0.3) is 10.0 Å². The van der Waals surface area contributed by atoms with Crippen LogP contribution in [0.15, 0.2) is 21.6 Å². The van der Waals surface area contributed by atoms with Crippen LogP contribution in [0.5, 0.6) is 0 Å². The fourth-order valence-corrected chi connectivity index (χ4v) is 3.64. The number of halogens is 1. The summed E-state index contributed by atoms with van der Waals surface area (Å²) in [4.78, 5) is 3.98. The maximum Gasteiger partial charge on any atom is 0.266 e. The summed E-state index contributed by atoms with van der Waals surface area (Å²) in [5.74, 6) is 0.234. The maximum absolute atomic E-state index is 12.4. The van der Waals surface area contributed by atoms with Crippen LogP contribution in [0.2, 0.25) is 0 Å². The molecule has 3 N–H and O–H groups in total. The van der Waals surface area contributed by atoms with Gasteiger partial charge in [0.15, 0.2) is 0 Å². The van der Waals surface area contributed by atoms with E-state index < -0.39 is 16.6 Å². The second-order valence-electron chi connectivity index (χ2n) is 4.21. The van der Waals surface area contributed by atoms with Crippen molar-refractivity contribution < 1.29 is 13.5 Å². The van der Waals surface area contributed by atoms with Crippen molar-refractivity contribution in [3.05, 3.63) is 33.7 Å². The van der Waals surface area contributed by atoms with E-state index in [4.69, 9.17) is 5.11 Å². The third kappa shape index (κ3) is 2.84. The molecule has 0 aliphatic heterocycles. The van der Waals surface area contributed by atoms with Crippen LogP contribution < -0.4 is 4.72 Å². The van der Waals surface area contributed by atoms with Gasteiger partial charge in [0, 0.05) is 10.7 Å². The minimum atomic E-state index is -3.86. The fourth-order valence-electron chi connectivity index (χ4n) is 1.76. The molecule has 7 nitrogen and oxygen atoms in total. The lowest BCUT2D eigenvalue weighted by molar-refractivity contribution is 0.273. The molecule has 2 aromatic rings. The van der Waals surface area contributed by atoms with Crippen molar-refractivity contribution >= 4 is 31.8 Å². The Labute approximate surface area is 124 Å². The van der Waals surface area contributed by atoms with E-state index in [1.165, 1.54) is 6.20 Å². The molecular formula is C11H13BrN4O3S. The van der Waals surface area contributed by atoms with E-state index in [1.54, 1.807) is 19.9 Å². The van der Waals surface area contributed by atoms with E-state index in [1.807, 2.05) is 0 Å². The molecule has 0 atom stereocenters. The van der Waals surface area contributed by atoms with Crippen LogP contribution >= 0.6 is 15.9 Å². The van der Waals surface area contributed by atoms with Gasteiger partial charge in [-0.1, -0.05) is 0 Å². The van der Waals surface area contributed by atoms with Crippen molar-refractivity contribution in [3.63, 3.8) is 0 Å². The van der Waals surface area contributed by atoms with Crippen LogP contribution in [0.25, 0.3) is 0 Å². The first kappa shape index (κ1) is 14.9. The highest BCUT2D eigenvalue weighted by molar-refractivity contribution is 9.10. The number of pyridine rings is 1. The Bertz CT molecular complexity index is 742.